The van der Waals surface area contributed by atoms with E-state index in [1.165, 1.54) is 4.34 Å². The lowest BCUT2D eigenvalue weighted by molar-refractivity contribution is 0.140. The zero-order valence-electron chi connectivity index (χ0n) is 15.7. The molecule has 4 rings (SSSR count). The molecule has 0 radical (unpaired) electrons. The predicted molar refractivity (Wildman–Crippen MR) is 129 cm³/mol. The van der Waals surface area contributed by atoms with Gasteiger partial charge in [-0.25, -0.2) is 18.7 Å². The number of thioether (sulfide) groups is 1. The van der Waals surface area contributed by atoms with Crippen LogP contribution in [0.15, 0.2) is 41.4 Å². The highest BCUT2D eigenvalue weighted by atomic mass is 127. The summed E-state index contributed by atoms with van der Waals surface area (Å²) in [4.78, 5) is 9.36. The fourth-order valence-corrected chi connectivity index (χ4v) is 5.70. The van der Waals surface area contributed by atoms with Gasteiger partial charge in [0, 0.05) is 29.8 Å². The van der Waals surface area contributed by atoms with Gasteiger partial charge in [0.1, 0.15) is 10.7 Å². The Bertz CT molecular complexity index is 1230. The third kappa shape index (κ3) is 4.15. The molecule has 3 heterocycles. The average Bonchev–Trinajstić information content (AvgIpc) is 3.31. The Morgan fingerprint density at radius 3 is 2.63 bits per heavy atom. The fraction of sp³-hybridized carbons (Fsp3) is 0.167. The summed E-state index contributed by atoms with van der Waals surface area (Å²) in [7, 11) is 1.87. The second kappa shape index (κ2) is 8.94. The van der Waals surface area contributed by atoms with Gasteiger partial charge in [-0.1, -0.05) is 17.7 Å². The van der Waals surface area contributed by atoms with Gasteiger partial charge in [0.05, 0.1) is 23.4 Å². The van der Waals surface area contributed by atoms with Crippen LogP contribution < -0.4 is 5.32 Å². The number of nitrogens with one attached hydrogen (secondary N) is 1. The summed E-state index contributed by atoms with van der Waals surface area (Å²) in [6.45, 7) is 0. The maximum absolute atomic E-state index is 13.5. The summed E-state index contributed by atoms with van der Waals surface area (Å²) in [5.74, 6) is -0.314. The minimum absolute atomic E-state index is 0.0247. The first kappa shape index (κ1) is 21.7. The van der Waals surface area contributed by atoms with E-state index < -0.39 is 6.43 Å². The molecule has 0 spiro atoms. The molecule has 0 aliphatic rings. The van der Waals surface area contributed by atoms with Gasteiger partial charge in [0.15, 0.2) is 11.5 Å². The molecule has 6 nitrogen and oxygen atoms in total. The van der Waals surface area contributed by atoms with Crippen LogP contribution in [0.4, 0.5) is 20.2 Å². The normalized spacial score (nSPS) is 12.0. The molecule has 156 valence electrons. The van der Waals surface area contributed by atoms with Crippen LogP contribution in [0, 0.1) is 0 Å². The number of halogens is 4. The molecule has 0 bridgehead atoms. The number of fused-ring (bicyclic) bond motifs is 1. The summed E-state index contributed by atoms with van der Waals surface area (Å²) in [6.07, 6.45) is 1.18. The highest BCUT2D eigenvalue weighted by molar-refractivity contribution is 14.2. The number of alkyl halides is 2. The Morgan fingerprint density at radius 1 is 1.20 bits per heavy atom. The van der Waals surface area contributed by atoms with Crippen LogP contribution in [0.1, 0.15) is 12.2 Å². The van der Waals surface area contributed by atoms with E-state index in [4.69, 9.17) is 11.6 Å². The first-order valence-corrected chi connectivity index (χ1v) is 14.3. The van der Waals surface area contributed by atoms with Crippen molar-refractivity contribution in [1.29, 1.82) is 0 Å². The van der Waals surface area contributed by atoms with Crippen LogP contribution in [-0.2, 0) is 7.05 Å². The molecular weight excluding hydrogens is 564 g/mol. The van der Waals surface area contributed by atoms with Crippen LogP contribution in [-0.4, -0.2) is 30.3 Å². The molecule has 3 aromatic heterocycles. The number of pyridine rings is 1. The van der Waals surface area contributed by atoms with Gasteiger partial charge in [-0.2, -0.15) is 5.10 Å². The molecule has 1 unspecified atom stereocenters. The van der Waals surface area contributed by atoms with E-state index in [-0.39, 0.29) is 17.4 Å². The molecule has 12 heteroatoms. The number of rotatable bonds is 6. The number of nitrogens with zero attached hydrogens (tertiary/aromatic N) is 5. The molecule has 0 aliphatic carbocycles. The fourth-order valence-electron chi connectivity index (χ4n) is 3.03. The van der Waals surface area contributed by atoms with E-state index in [2.05, 4.69) is 20.4 Å². The van der Waals surface area contributed by atoms with Gasteiger partial charge < -0.3 is 5.32 Å². The number of anilines is 2. The second-order valence-electron chi connectivity index (χ2n) is 6.27. The zero-order valence-corrected chi connectivity index (χ0v) is 20.4. The largest absolute Gasteiger partial charge is 0.353 e. The molecule has 4 aromatic rings. The molecule has 0 aliphatic heterocycles. The Morgan fingerprint density at radius 2 is 2.00 bits per heavy atom. The van der Waals surface area contributed by atoms with E-state index in [1.54, 1.807) is 22.5 Å². The summed E-state index contributed by atoms with van der Waals surface area (Å²) in [5.41, 5.74) is 3.90. The van der Waals surface area contributed by atoms with Gasteiger partial charge in [0.25, 0.3) is 6.43 Å². The highest BCUT2D eigenvalue weighted by Crippen LogP contribution is 2.39. The summed E-state index contributed by atoms with van der Waals surface area (Å²) >= 11 is 9.79. The van der Waals surface area contributed by atoms with Crippen LogP contribution in [0.25, 0.3) is 22.4 Å². The van der Waals surface area contributed by atoms with E-state index in [0.717, 1.165) is 21.8 Å². The van der Waals surface area contributed by atoms with Crippen molar-refractivity contribution in [2.45, 2.75) is 11.3 Å². The minimum atomic E-state index is -2.70. The molecule has 0 amide bonds. The van der Waals surface area contributed by atoms with E-state index in [9.17, 15) is 8.78 Å². The van der Waals surface area contributed by atoms with Crippen molar-refractivity contribution in [1.82, 2.24) is 24.1 Å². The Labute approximate surface area is 195 Å². The summed E-state index contributed by atoms with van der Waals surface area (Å²) in [5, 5.41) is 7.95. The van der Waals surface area contributed by atoms with Gasteiger partial charge in [-0.15, -0.1) is 11.8 Å². The zero-order chi connectivity index (χ0) is 21.4. The summed E-state index contributed by atoms with van der Waals surface area (Å²) in [6, 6.07) is 9.47. The van der Waals surface area contributed by atoms with Crippen LogP contribution in [0.5, 0.6) is 0 Å². The Hall–Kier alpha value is -1.49. The molecule has 30 heavy (non-hydrogen) atoms. The first-order chi connectivity index (χ1) is 14.4. The Kier molecular flexibility index (Phi) is 6.47. The number of benzene rings is 1. The lowest BCUT2D eigenvalue weighted by atomic mass is 10.1. The highest BCUT2D eigenvalue weighted by Gasteiger charge is 2.22. The standard InChI is InChI=1S/C18H15ClF2IN6PS/c1-27-6-5-10(26-27)9-3-4-11(13(7-9)30-2)23-12-8-14(19)24-17-15(12)25-18(16(20)21)28(17)29-22/h3-8,16,29H,1-2H3,(H,23,24). The first-order valence-electron chi connectivity index (χ1n) is 8.60. The van der Waals surface area contributed by atoms with Gasteiger partial charge in [-0.3, -0.25) is 9.02 Å². The van der Waals surface area contributed by atoms with Crippen molar-refractivity contribution >= 4 is 74.3 Å². The second-order valence-corrected chi connectivity index (χ2v) is 9.57. The smallest absolute Gasteiger partial charge is 0.295 e. The topological polar surface area (TPSA) is 60.6 Å². The van der Waals surface area contributed by atoms with E-state index in [0.29, 0.717) is 16.9 Å². The third-order valence-corrected chi connectivity index (χ3v) is 7.40. The van der Waals surface area contributed by atoms with E-state index >= 15 is 0 Å². The molecule has 1 aromatic carbocycles. The van der Waals surface area contributed by atoms with Crippen molar-refractivity contribution in [3.63, 3.8) is 0 Å². The lowest BCUT2D eigenvalue weighted by Crippen LogP contribution is -1.96. The van der Waals surface area contributed by atoms with Crippen molar-refractivity contribution < 1.29 is 8.78 Å². The van der Waals surface area contributed by atoms with Gasteiger partial charge >= 0.3 is 0 Å². The van der Waals surface area contributed by atoms with Crippen molar-refractivity contribution in [3.05, 3.63) is 47.5 Å². The molecule has 0 fully saturated rings. The third-order valence-electron chi connectivity index (χ3n) is 4.37. The SMILES string of the molecule is CSc1cc(-c2ccn(C)n2)ccc1Nc1cc(Cl)nc2c1nc(C(F)F)n2PI. The number of hydrogen-bond acceptors (Lipinski definition) is 5. The Balaban J connectivity index is 1.79. The van der Waals surface area contributed by atoms with Crippen molar-refractivity contribution in [3.8, 4) is 11.3 Å². The lowest BCUT2D eigenvalue weighted by Gasteiger charge is -2.13. The minimum Gasteiger partial charge on any atom is -0.353 e. The molecule has 1 atom stereocenters. The van der Waals surface area contributed by atoms with Crippen LogP contribution in [0.2, 0.25) is 5.15 Å². The van der Waals surface area contributed by atoms with Crippen molar-refractivity contribution in [2.24, 2.45) is 7.05 Å². The van der Waals surface area contributed by atoms with Crippen molar-refractivity contribution in [2.75, 3.05) is 11.6 Å². The quantitative estimate of drug-likeness (QED) is 0.120. The van der Waals surface area contributed by atoms with Crippen LogP contribution >= 0.6 is 51.8 Å². The molecule has 0 saturated carbocycles. The number of aromatic nitrogens is 5. The number of imidazole rings is 1. The number of hydrogen-bond donors (Lipinski definition) is 1. The summed E-state index contributed by atoms with van der Waals surface area (Å²) < 4.78 is 30.1. The van der Waals surface area contributed by atoms with E-state index in [1.807, 2.05) is 65.8 Å². The predicted octanol–water partition coefficient (Wildman–Crippen LogP) is 6.68. The monoisotopic (exact) mass is 578 g/mol. The average molecular weight is 579 g/mol. The molecular formula is C18H15ClF2IN6PS. The van der Waals surface area contributed by atoms with Crippen LogP contribution in [0.3, 0.4) is 0 Å². The molecule has 0 saturated heterocycles. The number of aryl methyl sites for hydroxylation is 1. The van der Waals surface area contributed by atoms with Gasteiger partial charge in [0.2, 0.25) is 0 Å². The van der Waals surface area contributed by atoms with Gasteiger partial charge in [-0.05, 0) is 46.5 Å². The maximum atomic E-state index is 13.5. The maximum Gasteiger partial charge on any atom is 0.295 e. The molecule has 1 N–H and O–H groups in total.